The van der Waals surface area contributed by atoms with E-state index in [0.717, 1.165) is 12.1 Å². The molecule has 104 valence electrons. The fraction of sp³-hybridized carbons (Fsp3) is 0.235. The van der Waals surface area contributed by atoms with Crippen LogP contribution in [0, 0.1) is 0 Å². The summed E-state index contributed by atoms with van der Waals surface area (Å²) in [6.45, 7) is 2.69. The van der Waals surface area contributed by atoms with E-state index in [2.05, 4.69) is 29.7 Å². The highest BCUT2D eigenvalue weighted by molar-refractivity contribution is 5.94. The monoisotopic (exact) mass is 268 g/mol. The molecule has 0 fully saturated rings. The van der Waals surface area contributed by atoms with E-state index in [-0.39, 0.29) is 5.91 Å². The summed E-state index contributed by atoms with van der Waals surface area (Å²) >= 11 is 0. The minimum atomic E-state index is -0.0430. The molecule has 0 saturated carbocycles. The first-order valence-electron chi connectivity index (χ1n) is 6.87. The van der Waals surface area contributed by atoms with Crippen LogP contribution in [0.25, 0.3) is 0 Å². The van der Waals surface area contributed by atoms with Crippen LogP contribution in [0.1, 0.15) is 28.4 Å². The first-order valence-corrected chi connectivity index (χ1v) is 6.87. The Bertz CT molecular complexity index is 576. The maximum Gasteiger partial charge on any atom is 0.251 e. The van der Waals surface area contributed by atoms with Gasteiger partial charge in [0.1, 0.15) is 0 Å². The second kappa shape index (κ2) is 6.75. The standard InChI is InChI=1S/C17H20N2O/c1-3-13-6-4-5-7-15(13)12-19-17(20)14-8-10-16(18-2)11-9-14/h4-11,18H,3,12H2,1-2H3,(H,19,20). The molecule has 0 saturated heterocycles. The van der Waals surface area contributed by atoms with Crippen molar-refractivity contribution in [3.8, 4) is 0 Å². The molecule has 2 aromatic rings. The van der Waals surface area contributed by atoms with Gasteiger partial charge in [-0.05, 0) is 41.8 Å². The number of carbonyl (C=O) groups is 1. The van der Waals surface area contributed by atoms with Crippen molar-refractivity contribution in [2.24, 2.45) is 0 Å². The summed E-state index contributed by atoms with van der Waals surface area (Å²) in [5, 5.41) is 6.00. The average molecular weight is 268 g/mol. The molecule has 0 radical (unpaired) electrons. The van der Waals surface area contributed by atoms with Gasteiger partial charge in [0.25, 0.3) is 5.91 Å². The molecule has 3 nitrogen and oxygen atoms in total. The van der Waals surface area contributed by atoms with Crippen LogP contribution in [0.2, 0.25) is 0 Å². The van der Waals surface area contributed by atoms with E-state index in [4.69, 9.17) is 0 Å². The van der Waals surface area contributed by atoms with Gasteiger partial charge in [-0.1, -0.05) is 31.2 Å². The first-order chi connectivity index (χ1) is 9.74. The molecule has 0 heterocycles. The van der Waals surface area contributed by atoms with Gasteiger partial charge in [0, 0.05) is 24.8 Å². The minimum absolute atomic E-state index is 0.0430. The number of anilines is 1. The largest absolute Gasteiger partial charge is 0.388 e. The molecule has 2 N–H and O–H groups in total. The summed E-state index contributed by atoms with van der Waals surface area (Å²) in [7, 11) is 1.86. The van der Waals surface area contributed by atoms with Gasteiger partial charge < -0.3 is 10.6 Å². The molecule has 20 heavy (non-hydrogen) atoms. The lowest BCUT2D eigenvalue weighted by Gasteiger charge is -2.09. The van der Waals surface area contributed by atoms with E-state index in [9.17, 15) is 4.79 Å². The smallest absolute Gasteiger partial charge is 0.251 e. The van der Waals surface area contributed by atoms with Crippen molar-refractivity contribution in [1.29, 1.82) is 0 Å². The molecule has 2 aromatic carbocycles. The van der Waals surface area contributed by atoms with Crippen LogP contribution in [0.5, 0.6) is 0 Å². The summed E-state index contributed by atoms with van der Waals surface area (Å²) in [5.41, 5.74) is 4.13. The van der Waals surface area contributed by atoms with Crippen molar-refractivity contribution in [1.82, 2.24) is 5.32 Å². The van der Waals surface area contributed by atoms with Crippen LogP contribution in [0.15, 0.2) is 48.5 Å². The Labute approximate surface area is 120 Å². The molecule has 0 aliphatic heterocycles. The number of rotatable bonds is 5. The molecule has 0 spiro atoms. The van der Waals surface area contributed by atoms with Gasteiger partial charge in [0.2, 0.25) is 0 Å². The van der Waals surface area contributed by atoms with Crippen LogP contribution in [-0.4, -0.2) is 13.0 Å². The van der Waals surface area contributed by atoms with Crippen LogP contribution < -0.4 is 10.6 Å². The van der Waals surface area contributed by atoms with Crippen LogP contribution in [0.3, 0.4) is 0 Å². The Kier molecular flexibility index (Phi) is 4.77. The number of amides is 1. The van der Waals surface area contributed by atoms with Crippen molar-refractivity contribution in [2.75, 3.05) is 12.4 Å². The zero-order valence-corrected chi connectivity index (χ0v) is 11.9. The normalized spacial score (nSPS) is 10.1. The van der Waals surface area contributed by atoms with Crippen LogP contribution in [-0.2, 0) is 13.0 Å². The fourth-order valence-electron chi connectivity index (χ4n) is 2.14. The number of hydrogen-bond donors (Lipinski definition) is 2. The van der Waals surface area contributed by atoms with E-state index in [1.54, 1.807) is 0 Å². The molecule has 2 rings (SSSR count). The molecular formula is C17H20N2O. The number of carbonyl (C=O) groups excluding carboxylic acids is 1. The molecule has 3 heteroatoms. The summed E-state index contributed by atoms with van der Waals surface area (Å²) in [4.78, 5) is 12.1. The van der Waals surface area contributed by atoms with E-state index < -0.39 is 0 Å². The number of aryl methyl sites for hydroxylation is 1. The quantitative estimate of drug-likeness (QED) is 0.874. The Morgan fingerprint density at radius 2 is 1.65 bits per heavy atom. The van der Waals surface area contributed by atoms with Crippen molar-refractivity contribution in [2.45, 2.75) is 19.9 Å². The third-order valence-corrected chi connectivity index (χ3v) is 3.37. The summed E-state index contributed by atoms with van der Waals surface area (Å²) in [6.07, 6.45) is 0.975. The van der Waals surface area contributed by atoms with Crippen LogP contribution in [0.4, 0.5) is 5.69 Å². The molecular weight excluding hydrogens is 248 g/mol. The van der Waals surface area contributed by atoms with E-state index in [1.165, 1.54) is 11.1 Å². The second-order valence-electron chi connectivity index (χ2n) is 4.63. The molecule has 0 bridgehead atoms. The van der Waals surface area contributed by atoms with E-state index in [1.807, 2.05) is 43.4 Å². The van der Waals surface area contributed by atoms with Crippen molar-refractivity contribution < 1.29 is 4.79 Å². The zero-order chi connectivity index (χ0) is 14.4. The number of nitrogens with one attached hydrogen (secondary N) is 2. The van der Waals surface area contributed by atoms with Gasteiger partial charge >= 0.3 is 0 Å². The molecule has 0 aliphatic carbocycles. The lowest BCUT2D eigenvalue weighted by Crippen LogP contribution is -2.23. The average Bonchev–Trinajstić information content (AvgIpc) is 2.53. The minimum Gasteiger partial charge on any atom is -0.388 e. The fourth-order valence-corrected chi connectivity index (χ4v) is 2.14. The Balaban J connectivity index is 2.01. The lowest BCUT2D eigenvalue weighted by atomic mass is 10.1. The number of benzene rings is 2. The predicted molar refractivity (Wildman–Crippen MR) is 83.0 cm³/mol. The SMILES string of the molecule is CCc1ccccc1CNC(=O)c1ccc(NC)cc1. The summed E-state index contributed by atoms with van der Waals surface area (Å²) < 4.78 is 0. The molecule has 0 aromatic heterocycles. The highest BCUT2D eigenvalue weighted by Crippen LogP contribution is 2.11. The lowest BCUT2D eigenvalue weighted by molar-refractivity contribution is 0.0951. The Morgan fingerprint density at radius 3 is 2.25 bits per heavy atom. The van der Waals surface area contributed by atoms with Crippen LogP contribution >= 0.6 is 0 Å². The van der Waals surface area contributed by atoms with Gasteiger partial charge in [-0.3, -0.25) is 4.79 Å². The first kappa shape index (κ1) is 14.1. The summed E-state index contributed by atoms with van der Waals surface area (Å²) in [5.74, 6) is -0.0430. The summed E-state index contributed by atoms with van der Waals surface area (Å²) in [6, 6.07) is 15.6. The molecule has 0 aliphatic rings. The Morgan fingerprint density at radius 1 is 1.00 bits per heavy atom. The van der Waals surface area contributed by atoms with E-state index in [0.29, 0.717) is 12.1 Å². The van der Waals surface area contributed by atoms with Crippen molar-refractivity contribution in [3.05, 3.63) is 65.2 Å². The molecule has 1 amide bonds. The molecule has 0 atom stereocenters. The highest BCUT2D eigenvalue weighted by Gasteiger charge is 2.06. The van der Waals surface area contributed by atoms with Gasteiger partial charge in [0.05, 0.1) is 0 Å². The predicted octanol–water partition coefficient (Wildman–Crippen LogP) is 3.22. The molecule has 0 unspecified atom stereocenters. The topological polar surface area (TPSA) is 41.1 Å². The highest BCUT2D eigenvalue weighted by atomic mass is 16.1. The van der Waals surface area contributed by atoms with E-state index >= 15 is 0 Å². The number of hydrogen-bond acceptors (Lipinski definition) is 2. The second-order valence-corrected chi connectivity index (χ2v) is 4.63. The van der Waals surface area contributed by atoms with Gasteiger partial charge in [-0.2, -0.15) is 0 Å². The third kappa shape index (κ3) is 3.38. The van der Waals surface area contributed by atoms with Gasteiger partial charge in [-0.25, -0.2) is 0 Å². The van der Waals surface area contributed by atoms with Crippen molar-refractivity contribution in [3.63, 3.8) is 0 Å². The third-order valence-electron chi connectivity index (χ3n) is 3.37. The maximum atomic E-state index is 12.1. The Hall–Kier alpha value is -2.29. The maximum absolute atomic E-state index is 12.1. The van der Waals surface area contributed by atoms with Gasteiger partial charge in [0.15, 0.2) is 0 Å². The zero-order valence-electron chi connectivity index (χ0n) is 11.9. The van der Waals surface area contributed by atoms with Gasteiger partial charge in [-0.15, -0.1) is 0 Å². The van der Waals surface area contributed by atoms with Crippen molar-refractivity contribution >= 4 is 11.6 Å².